The van der Waals surface area contributed by atoms with Crippen molar-refractivity contribution in [2.24, 2.45) is 0 Å². The smallest absolute Gasteiger partial charge is 0.102 e. The van der Waals surface area contributed by atoms with Crippen LogP contribution in [0.5, 0.6) is 0 Å². The van der Waals surface area contributed by atoms with Crippen molar-refractivity contribution in [2.45, 2.75) is 20.3 Å². The summed E-state index contributed by atoms with van der Waals surface area (Å²) in [5, 5.41) is 0. The van der Waals surface area contributed by atoms with E-state index in [4.69, 9.17) is 0 Å². The molecule has 0 aromatic rings. The molecule has 1 saturated heterocycles. The van der Waals surface area contributed by atoms with Crippen molar-refractivity contribution < 1.29 is 0 Å². The molecule has 0 atom stereocenters. The Balaban J connectivity index is 2.79. The summed E-state index contributed by atoms with van der Waals surface area (Å²) < 4.78 is 0. The maximum absolute atomic E-state index is 2.33. The Kier molecular flexibility index (Phi) is 2.42. The van der Waals surface area contributed by atoms with Crippen molar-refractivity contribution >= 4 is 0 Å². The standard InChI is InChI=1S/C9H18N2/c1-8(2)9-10(3)6-5-7-11(9)4/h5-7H2,1-4H3. The molecule has 64 valence electrons. The fourth-order valence-electron chi connectivity index (χ4n) is 1.81. The zero-order valence-corrected chi connectivity index (χ0v) is 8.02. The third-order valence-corrected chi connectivity index (χ3v) is 2.16. The Morgan fingerprint density at radius 2 is 1.55 bits per heavy atom. The van der Waals surface area contributed by atoms with Gasteiger partial charge in [-0.25, -0.2) is 0 Å². The van der Waals surface area contributed by atoms with Gasteiger partial charge in [-0.2, -0.15) is 0 Å². The van der Waals surface area contributed by atoms with E-state index in [2.05, 4.69) is 37.7 Å². The number of rotatable bonds is 0. The maximum Gasteiger partial charge on any atom is 0.102 e. The summed E-state index contributed by atoms with van der Waals surface area (Å²) in [5.41, 5.74) is 1.41. The summed E-state index contributed by atoms with van der Waals surface area (Å²) >= 11 is 0. The van der Waals surface area contributed by atoms with Crippen LogP contribution in [0.4, 0.5) is 0 Å². The second-order valence-electron chi connectivity index (χ2n) is 3.52. The van der Waals surface area contributed by atoms with Gasteiger partial charge in [0.2, 0.25) is 0 Å². The first kappa shape index (κ1) is 8.44. The van der Waals surface area contributed by atoms with Crippen LogP contribution in [0, 0.1) is 0 Å². The molecule has 2 nitrogen and oxygen atoms in total. The molecule has 0 saturated carbocycles. The average molecular weight is 154 g/mol. The molecule has 0 spiro atoms. The lowest BCUT2D eigenvalue weighted by Crippen LogP contribution is -2.38. The van der Waals surface area contributed by atoms with E-state index < -0.39 is 0 Å². The molecular weight excluding hydrogens is 136 g/mol. The Morgan fingerprint density at radius 1 is 1.09 bits per heavy atom. The molecule has 11 heavy (non-hydrogen) atoms. The highest BCUT2D eigenvalue weighted by Crippen LogP contribution is 2.17. The van der Waals surface area contributed by atoms with Crippen molar-refractivity contribution in [1.82, 2.24) is 9.80 Å². The van der Waals surface area contributed by atoms with E-state index in [1.807, 2.05) is 0 Å². The van der Waals surface area contributed by atoms with Gasteiger partial charge in [0, 0.05) is 27.2 Å². The van der Waals surface area contributed by atoms with E-state index in [9.17, 15) is 0 Å². The van der Waals surface area contributed by atoms with Crippen molar-refractivity contribution in [3.63, 3.8) is 0 Å². The Morgan fingerprint density at radius 3 is 1.82 bits per heavy atom. The normalized spacial score (nSPS) is 19.1. The second kappa shape index (κ2) is 3.16. The molecule has 0 amide bonds. The van der Waals surface area contributed by atoms with E-state index >= 15 is 0 Å². The molecule has 1 rings (SSSR count). The van der Waals surface area contributed by atoms with Gasteiger partial charge in [0.15, 0.2) is 0 Å². The SMILES string of the molecule is CC(C)=C1N(C)CCCN1C. The summed E-state index contributed by atoms with van der Waals surface area (Å²) in [5.74, 6) is 1.40. The number of nitrogens with zero attached hydrogens (tertiary/aromatic N) is 2. The summed E-state index contributed by atoms with van der Waals surface area (Å²) in [4.78, 5) is 4.66. The molecule has 0 N–H and O–H groups in total. The van der Waals surface area contributed by atoms with Crippen LogP contribution in [0.2, 0.25) is 0 Å². The Labute approximate surface area is 69.5 Å². The molecule has 0 bridgehead atoms. The number of allylic oxidation sites excluding steroid dienone is 1. The Bertz CT molecular complexity index is 156. The van der Waals surface area contributed by atoms with E-state index in [0.717, 1.165) is 0 Å². The van der Waals surface area contributed by atoms with Crippen LogP contribution in [-0.2, 0) is 0 Å². The van der Waals surface area contributed by atoms with Gasteiger partial charge >= 0.3 is 0 Å². The highest BCUT2D eigenvalue weighted by atomic mass is 15.3. The van der Waals surface area contributed by atoms with Crippen molar-refractivity contribution in [1.29, 1.82) is 0 Å². The minimum Gasteiger partial charge on any atom is -0.361 e. The van der Waals surface area contributed by atoms with Gasteiger partial charge < -0.3 is 9.80 Å². The predicted octanol–water partition coefficient (Wildman–Crippen LogP) is 1.51. The van der Waals surface area contributed by atoms with Crippen LogP contribution in [-0.4, -0.2) is 37.0 Å². The fourth-order valence-corrected chi connectivity index (χ4v) is 1.81. The van der Waals surface area contributed by atoms with Gasteiger partial charge in [-0.05, 0) is 25.8 Å². The van der Waals surface area contributed by atoms with Crippen LogP contribution in [0.1, 0.15) is 20.3 Å². The predicted molar refractivity (Wildman–Crippen MR) is 48.3 cm³/mol. The molecule has 2 heteroatoms. The van der Waals surface area contributed by atoms with Crippen molar-refractivity contribution in [3.8, 4) is 0 Å². The highest BCUT2D eigenvalue weighted by Gasteiger charge is 2.15. The van der Waals surface area contributed by atoms with Crippen LogP contribution in [0.25, 0.3) is 0 Å². The van der Waals surface area contributed by atoms with E-state index in [1.54, 1.807) is 0 Å². The van der Waals surface area contributed by atoms with Crippen molar-refractivity contribution in [3.05, 3.63) is 11.4 Å². The topological polar surface area (TPSA) is 6.48 Å². The minimum absolute atomic E-state index is 1.20. The molecule has 1 heterocycles. The van der Waals surface area contributed by atoms with Gasteiger partial charge in [-0.15, -0.1) is 0 Å². The van der Waals surface area contributed by atoms with Crippen LogP contribution in [0.15, 0.2) is 11.4 Å². The maximum atomic E-state index is 2.33. The lowest BCUT2D eigenvalue weighted by molar-refractivity contribution is 0.207. The zero-order valence-electron chi connectivity index (χ0n) is 8.02. The summed E-state index contributed by atoms with van der Waals surface area (Å²) in [6.45, 7) is 6.75. The first-order chi connectivity index (χ1) is 5.13. The van der Waals surface area contributed by atoms with E-state index in [1.165, 1.54) is 30.9 Å². The molecule has 0 unspecified atom stereocenters. The first-order valence-corrected chi connectivity index (χ1v) is 4.22. The van der Waals surface area contributed by atoms with E-state index in [-0.39, 0.29) is 0 Å². The van der Waals surface area contributed by atoms with Gasteiger partial charge in [0.1, 0.15) is 5.82 Å². The minimum atomic E-state index is 1.20. The third kappa shape index (κ3) is 1.67. The van der Waals surface area contributed by atoms with Gasteiger partial charge in [0.25, 0.3) is 0 Å². The van der Waals surface area contributed by atoms with E-state index in [0.29, 0.717) is 0 Å². The second-order valence-corrected chi connectivity index (χ2v) is 3.52. The molecule has 0 aromatic heterocycles. The molecular formula is C9H18N2. The molecule has 1 aliphatic rings. The van der Waals surface area contributed by atoms with Crippen LogP contribution in [0.3, 0.4) is 0 Å². The van der Waals surface area contributed by atoms with Crippen molar-refractivity contribution in [2.75, 3.05) is 27.2 Å². The quantitative estimate of drug-likeness (QED) is 0.522. The highest BCUT2D eigenvalue weighted by molar-refractivity contribution is 5.08. The van der Waals surface area contributed by atoms with Gasteiger partial charge in [-0.3, -0.25) is 0 Å². The molecule has 1 aliphatic heterocycles. The molecule has 1 fully saturated rings. The molecule has 0 aliphatic carbocycles. The largest absolute Gasteiger partial charge is 0.361 e. The molecule has 0 radical (unpaired) electrons. The third-order valence-electron chi connectivity index (χ3n) is 2.16. The van der Waals surface area contributed by atoms with Crippen LogP contribution < -0.4 is 0 Å². The number of hydrogen-bond donors (Lipinski definition) is 0. The summed E-state index contributed by atoms with van der Waals surface area (Å²) in [6.07, 6.45) is 1.28. The molecule has 0 aromatic carbocycles. The first-order valence-electron chi connectivity index (χ1n) is 4.22. The zero-order chi connectivity index (χ0) is 8.43. The summed E-state index contributed by atoms with van der Waals surface area (Å²) in [7, 11) is 4.33. The Hall–Kier alpha value is -0.660. The lowest BCUT2D eigenvalue weighted by atomic mass is 10.2. The number of hydrogen-bond acceptors (Lipinski definition) is 2. The average Bonchev–Trinajstić information content (AvgIpc) is 1.85. The fraction of sp³-hybridized carbons (Fsp3) is 0.778. The van der Waals surface area contributed by atoms with Gasteiger partial charge in [0.05, 0.1) is 0 Å². The summed E-state index contributed by atoms with van der Waals surface area (Å²) in [6, 6.07) is 0. The van der Waals surface area contributed by atoms with Gasteiger partial charge in [-0.1, -0.05) is 0 Å². The monoisotopic (exact) mass is 154 g/mol. The van der Waals surface area contributed by atoms with Crippen LogP contribution >= 0.6 is 0 Å². The lowest BCUT2D eigenvalue weighted by Gasteiger charge is -2.37.